The Morgan fingerprint density at radius 3 is 2.67 bits per heavy atom. The Morgan fingerprint density at radius 1 is 1.50 bits per heavy atom. The van der Waals surface area contributed by atoms with Crippen LogP contribution in [0.4, 0.5) is 0 Å². The van der Waals surface area contributed by atoms with E-state index in [0.717, 1.165) is 25.9 Å². The summed E-state index contributed by atoms with van der Waals surface area (Å²) in [6, 6.07) is 0. The zero-order valence-electron chi connectivity index (χ0n) is 7.97. The molecule has 0 aliphatic rings. The zero-order valence-corrected chi connectivity index (χ0v) is 7.97. The molecule has 0 fully saturated rings. The summed E-state index contributed by atoms with van der Waals surface area (Å²) < 4.78 is 0. The van der Waals surface area contributed by atoms with Crippen molar-refractivity contribution in [2.24, 2.45) is 5.84 Å². The number of rotatable bonds is 6. The maximum Gasteiger partial charge on any atom is 0.233 e. The average Bonchev–Trinajstić information content (AvgIpc) is 2.11. The van der Waals surface area contributed by atoms with Crippen LogP contribution in [0.15, 0.2) is 0 Å². The van der Waals surface area contributed by atoms with Crippen LogP contribution in [0, 0.1) is 0 Å². The Hall–Kier alpha value is -0.610. The van der Waals surface area contributed by atoms with E-state index in [1.54, 1.807) is 0 Å². The van der Waals surface area contributed by atoms with Gasteiger partial charge in [0.15, 0.2) is 0 Å². The molecule has 1 amide bonds. The molecule has 3 N–H and O–H groups in total. The Bertz CT molecular complexity index is 127. The molecule has 12 heavy (non-hydrogen) atoms. The quantitative estimate of drug-likeness (QED) is 0.259. The maximum absolute atomic E-state index is 10.7. The second-order valence-electron chi connectivity index (χ2n) is 2.92. The Balaban J connectivity index is 3.15. The second kappa shape index (κ2) is 7.06. The summed E-state index contributed by atoms with van der Waals surface area (Å²) in [6.45, 7) is 4.23. The third kappa shape index (κ3) is 6.12. The summed E-state index contributed by atoms with van der Waals surface area (Å²) in [7, 11) is 2.07. The summed E-state index contributed by atoms with van der Waals surface area (Å²) in [6.07, 6.45) is 2.50. The molecule has 0 rings (SSSR count). The first-order valence-corrected chi connectivity index (χ1v) is 4.38. The van der Waals surface area contributed by atoms with Crippen molar-refractivity contribution in [2.45, 2.75) is 26.2 Å². The number of carbonyl (C=O) groups is 1. The minimum absolute atomic E-state index is 0.0749. The van der Waals surface area contributed by atoms with Crippen molar-refractivity contribution in [3.8, 4) is 0 Å². The molecule has 0 unspecified atom stereocenters. The fraction of sp³-hybridized carbons (Fsp3) is 0.875. The van der Waals surface area contributed by atoms with Gasteiger partial charge in [0.1, 0.15) is 0 Å². The van der Waals surface area contributed by atoms with Gasteiger partial charge in [-0.1, -0.05) is 6.92 Å². The predicted octanol–water partition coefficient (Wildman–Crippen LogP) is 0.0983. The Kier molecular flexibility index (Phi) is 6.70. The molecular formula is C8H19N3O. The van der Waals surface area contributed by atoms with Crippen LogP contribution in [0.2, 0.25) is 0 Å². The zero-order chi connectivity index (χ0) is 9.40. The van der Waals surface area contributed by atoms with Gasteiger partial charge in [0, 0.05) is 6.42 Å². The van der Waals surface area contributed by atoms with Crippen molar-refractivity contribution in [1.29, 1.82) is 0 Å². The van der Waals surface area contributed by atoms with Crippen molar-refractivity contribution in [1.82, 2.24) is 10.3 Å². The van der Waals surface area contributed by atoms with Gasteiger partial charge in [0.2, 0.25) is 5.91 Å². The van der Waals surface area contributed by atoms with Gasteiger partial charge in [-0.25, -0.2) is 5.84 Å². The molecule has 4 nitrogen and oxygen atoms in total. The molecule has 0 heterocycles. The Morgan fingerprint density at radius 2 is 2.17 bits per heavy atom. The number of hydrogen-bond donors (Lipinski definition) is 2. The fourth-order valence-electron chi connectivity index (χ4n) is 0.898. The minimum Gasteiger partial charge on any atom is -0.307 e. The van der Waals surface area contributed by atoms with E-state index in [1.165, 1.54) is 0 Å². The molecule has 0 spiro atoms. The van der Waals surface area contributed by atoms with E-state index in [2.05, 4.69) is 24.3 Å². The molecule has 0 aromatic rings. The standard InChI is InChI=1S/C8H19N3O/c1-3-11(2)7-5-4-6-8(12)10-9/h3-7,9H2,1-2H3,(H,10,12). The van der Waals surface area contributed by atoms with Gasteiger partial charge in [-0.15, -0.1) is 0 Å². The van der Waals surface area contributed by atoms with Crippen LogP contribution in [0.5, 0.6) is 0 Å². The van der Waals surface area contributed by atoms with E-state index in [-0.39, 0.29) is 5.91 Å². The van der Waals surface area contributed by atoms with Crippen LogP contribution >= 0.6 is 0 Å². The largest absolute Gasteiger partial charge is 0.307 e. The highest BCUT2D eigenvalue weighted by atomic mass is 16.2. The molecule has 0 atom stereocenters. The molecule has 0 aromatic carbocycles. The lowest BCUT2D eigenvalue weighted by molar-refractivity contribution is -0.121. The lowest BCUT2D eigenvalue weighted by atomic mass is 10.2. The van der Waals surface area contributed by atoms with Gasteiger partial charge in [0.05, 0.1) is 0 Å². The normalized spacial score (nSPS) is 10.3. The summed E-state index contributed by atoms with van der Waals surface area (Å²) in [5, 5.41) is 0. The van der Waals surface area contributed by atoms with Gasteiger partial charge in [-0.3, -0.25) is 10.2 Å². The molecule has 72 valence electrons. The molecule has 0 saturated heterocycles. The monoisotopic (exact) mass is 173 g/mol. The summed E-state index contributed by atoms with van der Waals surface area (Å²) >= 11 is 0. The lowest BCUT2D eigenvalue weighted by Crippen LogP contribution is -2.29. The summed E-state index contributed by atoms with van der Waals surface area (Å²) in [5.41, 5.74) is 2.11. The number of carbonyl (C=O) groups excluding carboxylic acids is 1. The van der Waals surface area contributed by atoms with Gasteiger partial charge >= 0.3 is 0 Å². The van der Waals surface area contributed by atoms with E-state index in [9.17, 15) is 4.79 Å². The SMILES string of the molecule is CCN(C)CCCCC(=O)NN. The van der Waals surface area contributed by atoms with Crippen molar-refractivity contribution in [2.75, 3.05) is 20.1 Å². The average molecular weight is 173 g/mol. The van der Waals surface area contributed by atoms with Crippen LogP contribution in [0.3, 0.4) is 0 Å². The summed E-state index contributed by atoms with van der Waals surface area (Å²) in [4.78, 5) is 12.9. The molecule has 0 aliphatic carbocycles. The number of unbranched alkanes of at least 4 members (excludes halogenated alkanes) is 1. The smallest absolute Gasteiger partial charge is 0.233 e. The predicted molar refractivity (Wildman–Crippen MR) is 49.4 cm³/mol. The van der Waals surface area contributed by atoms with Crippen molar-refractivity contribution in [3.05, 3.63) is 0 Å². The van der Waals surface area contributed by atoms with Crippen LogP contribution in [-0.2, 0) is 4.79 Å². The first kappa shape index (κ1) is 11.4. The van der Waals surface area contributed by atoms with Crippen LogP contribution in [0.1, 0.15) is 26.2 Å². The number of nitrogens with zero attached hydrogens (tertiary/aromatic N) is 1. The highest BCUT2D eigenvalue weighted by Crippen LogP contribution is 1.96. The molecular weight excluding hydrogens is 154 g/mol. The van der Waals surface area contributed by atoms with Crippen molar-refractivity contribution in [3.63, 3.8) is 0 Å². The third-order valence-electron chi connectivity index (χ3n) is 1.89. The van der Waals surface area contributed by atoms with Crippen LogP contribution in [-0.4, -0.2) is 30.9 Å². The third-order valence-corrected chi connectivity index (χ3v) is 1.89. The van der Waals surface area contributed by atoms with Gasteiger partial charge in [0.25, 0.3) is 0 Å². The maximum atomic E-state index is 10.7. The van der Waals surface area contributed by atoms with Gasteiger partial charge < -0.3 is 4.90 Å². The minimum atomic E-state index is -0.0749. The van der Waals surface area contributed by atoms with E-state index >= 15 is 0 Å². The van der Waals surface area contributed by atoms with Gasteiger partial charge in [-0.05, 0) is 33.0 Å². The number of hydrazine groups is 1. The fourth-order valence-corrected chi connectivity index (χ4v) is 0.898. The first-order chi connectivity index (χ1) is 5.70. The molecule has 0 saturated carbocycles. The molecule has 4 heteroatoms. The number of amides is 1. The molecule has 0 bridgehead atoms. The van der Waals surface area contributed by atoms with Crippen LogP contribution < -0.4 is 11.3 Å². The first-order valence-electron chi connectivity index (χ1n) is 4.38. The van der Waals surface area contributed by atoms with Crippen molar-refractivity contribution >= 4 is 5.91 Å². The molecule has 0 aromatic heterocycles. The van der Waals surface area contributed by atoms with E-state index in [0.29, 0.717) is 6.42 Å². The number of nitrogens with one attached hydrogen (secondary N) is 1. The van der Waals surface area contributed by atoms with Crippen LogP contribution in [0.25, 0.3) is 0 Å². The van der Waals surface area contributed by atoms with E-state index in [1.807, 2.05) is 0 Å². The molecule has 0 radical (unpaired) electrons. The van der Waals surface area contributed by atoms with Crippen molar-refractivity contribution < 1.29 is 4.79 Å². The Labute approximate surface area is 74.1 Å². The topological polar surface area (TPSA) is 58.4 Å². The molecule has 0 aliphatic heterocycles. The number of hydrogen-bond acceptors (Lipinski definition) is 3. The lowest BCUT2D eigenvalue weighted by Gasteiger charge is -2.12. The summed E-state index contributed by atoms with van der Waals surface area (Å²) in [5.74, 6) is 4.86. The van der Waals surface area contributed by atoms with E-state index in [4.69, 9.17) is 5.84 Å². The second-order valence-corrected chi connectivity index (χ2v) is 2.92. The van der Waals surface area contributed by atoms with Gasteiger partial charge in [-0.2, -0.15) is 0 Å². The number of nitrogens with two attached hydrogens (primary N) is 1. The van der Waals surface area contributed by atoms with E-state index < -0.39 is 0 Å². The highest BCUT2D eigenvalue weighted by molar-refractivity contribution is 5.74. The highest BCUT2D eigenvalue weighted by Gasteiger charge is 1.98.